The summed E-state index contributed by atoms with van der Waals surface area (Å²) in [5, 5.41) is 15.7. The molecule has 1 saturated heterocycles. The summed E-state index contributed by atoms with van der Waals surface area (Å²) >= 11 is 6.31. The molecule has 1 aliphatic heterocycles. The predicted molar refractivity (Wildman–Crippen MR) is 132 cm³/mol. The molecule has 0 aromatic carbocycles. The molecule has 1 fully saturated rings. The number of ether oxygens (including phenoxy) is 1. The fraction of sp³-hybridized carbons (Fsp3) is 0.500. The highest BCUT2D eigenvalue weighted by atomic mass is 35.5. The molecule has 3 aromatic heterocycles. The molecule has 0 radical (unpaired) electrons. The van der Waals surface area contributed by atoms with Crippen molar-refractivity contribution in [3.8, 4) is 0 Å². The van der Waals surface area contributed by atoms with Gasteiger partial charge in [0.1, 0.15) is 11.6 Å². The lowest BCUT2D eigenvalue weighted by atomic mass is 9.91. The molecule has 3 atom stereocenters. The van der Waals surface area contributed by atoms with Crippen molar-refractivity contribution >= 4 is 34.4 Å². The Morgan fingerprint density at radius 1 is 1.31 bits per heavy atom. The van der Waals surface area contributed by atoms with Crippen LogP contribution in [0.1, 0.15) is 35.1 Å². The molecule has 9 nitrogen and oxygen atoms in total. The molecule has 3 aromatic rings. The molecule has 0 bridgehead atoms. The van der Waals surface area contributed by atoms with Crippen molar-refractivity contribution in [2.45, 2.75) is 50.9 Å². The molecule has 186 valence electrons. The molecular formula is C24H29ClFN7O2. The number of hydrogen-bond donors (Lipinski definition) is 2. The van der Waals surface area contributed by atoms with Crippen LogP contribution in [0.15, 0.2) is 18.3 Å². The minimum atomic E-state index is -0.348. The van der Waals surface area contributed by atoms with E-state index in [0.29, 0.717) is 66.3 Å². The highest BCUT2D eigenvalue weighted by Crippen LogP contribution is 2.29. The minimum absolute atomic E-state index is 0.0261. The maximum Gasteiger partial charge on any atom is 0.272 e. The Kier molecular flexibility index (Phi) is 6.61. The molecule has 35 heavy (non-hydrogen) atoms. The van der Waals surface area contributed by atoms with Gasteiger partial charge in [0, 0.05) is 61.7 Å². The van der Waals surface area contributed by atoms with Gasteiger partial charge in [-0.1, -0.05) is 11.6 Å². The monoisotopic (exact) mass is 501 g/mol. The third kappa shape index (κ3) is 4.46. The summed E-state index contributed by atoms with van der Waals surface area (Å²) in [6, 6.07) is 3.09. The van der Waals surface area contributed by atoms with Gasteiger partial charge in [-0.3, -0.25) is 4.79 Å². The summed E-state index contributed by atoms with van der Waals surface area (Å²) < 4.78 is 22.6. The summed E-state index contributed by atoms with van der Waals surface area (Å²) in [5.74, 6) is -0.0123. The number of halogens is 2. The van der Waals surface area contributed by atoms with Crippen molar-refractivity contribution in [1.82, 2.24) is 30.4 Å². The van der Waals surface area contributed by atoms with Crippen molar-refractivity contribution in [3.05, 3.63) is 46.1 Å². The van der Waals surface area contributed by atoms with Gasteiger partial charge in [0.05, 0.1) is 17.2 Å². The van der Waals surface area contributed by atoms with E-state index in [2.05, 4.69) is 25.7 Å². The normalized spacial score (nSPS) is 22.0. The third-order valence-corrected chi connectivity index (χ3v) is 7.37. The van der Waals surface area contributed by atoms with Crippen LogP contribution in [0, 0.1) is 5.82 Å². The van der Waals surface area contributed by atoms with E-state index in [9.17, 15) is 4.79 Å². The summed E-state index contributed by atoms with van der Waals surface area (Å²) in [4.78, 5) is 19.7. The number of nitrogens with one attached hydrogen (secondary N) is 2. The van der Waals surface area contributed by atoms with Crippen LogP contribution in [-0.4, -0.2) is 71.1 Å². The number of aromatic nitrogens is 4. The maximum absolute atomic E-state index is 15.2. The Bertz CT molecular complexity index is 1250. The van der Waals surface area contributed by atoms with Crippen LogP contribution in [0.4, 0.5) is 10.2 Å². The quantitative estimate of drug-likeness (QED) is 0.535. The number of rotatable bonds is 6. The Hall–Kier alpha value is -2.82. The summed E-state index contributed by atoms with van der Waals surface area (Å²) in [7, 11) is 3.59. The first-order chi connectivity index (χ1) is 16.9. The van der Waals surface area contributed by atoms with Gasteiger partial charge < -0.3 is 24.8 Å². The highest BCUT2D eigenvalue weighted by Gasteiger charge is 2.34. The second-order valence-electron chi connectivity index (χ2n) is 9.10. The zero-order chi connectivity index (χ0) is 24.7. The summed E-state index contributed by atoms with van der Waals surface area (Å²) in [5.41, 5.74) is 2.14. The first-order valence-electron chi connectivity index (χ1n) is 11.9. The first kappa shape index (κ1) is 23.9. The molecular weight excluding hydrogens is 473 g/mol. The fourth-order valence-corrected chi connectivity index (χ4v) is 5.33. The zero-order valence-electron chi connectivity index (χ0n) is 20.0. The van der Waals surface area contributed by atoms with Crippen molar-refractivity contribution in [1.29, 1.82) is 0 Å². The number of pyridine rings is 1. The van der Waals surface area contributed by atoms with E-state index in [1.807, 2.05) is 18.5 Å². The minimum Gasteiger partial charge on any atom is -0.378 e. The number of carbonyl (C=O) groups excluding carboxylic acids is 1. The standard InChI is InChI=1S/C24H29ClFN7O2/c1-4-32-10-16(25)14-8-19(30-31-23(14)32)24(34)28-13-5-6-18-15(7-13)17(26)9-22(29-18)33-11-20(27-2)21(12-33)35-3/h8-10,13,20-21,27H,4-7,11-12H2,1-3H3,(H,28,34). The Morgan fingerprint density at radius 2 is 2.14 bits per heavy atom. The molecule has 0 saturated carbocycles. The van der Waals surface area contributed by atoms with E-state index in [-0.39, 0.29) is 35.6 Å². The van der Waals surface area contributed by atoms with Crippen LogP contribution in [0.2, 0.25) is 5.02 Å². The van der Waals surface area contributed by atoms with Gasteiger partial charge in [0.15, 0.2) is 11.3 Å². The van der Waals surface area contributed by atoms with Crippen molar-refractivity contribution in [3.63, 3.8) is 0 Å². The maximum atomic E-state index is 15.2. The SMILES string of the molecule is CCn1cc(Cl)c2cc(C(=O)NC3CCc4nc(N5CC(NC)C(OC)C5)cc(F)c4C3)nnc21. The van der Waals surface area contributed by atoms with Gasteiger partial charge >= 0.3 is 0 Å². The first-order valence-corrected chi connectivity index (χ1v) is 12.3. The van der Waals surface area contributed by atoms with Crippen LogP contribution in [0.25, 0.3) is 11.0 Å². The molecule has 2 N–H and O–H groups in total. The van der Waals surface area contributed by atoms with Crippen molar-refractivity contribution in [2.75, 3.05) is 32.1 Å². The number of likely N-dealkylation sites (N-methyl/N-ethyl adjacent to an activating group) is 1. The van der Waals surface area contributed by atoms with Gasteiger partial charge in [-0.25, -0.2) is 9.37 Å². The molecule has 5 rings (SSSR count). The number of amides is 1. The van der Waals surface area contributed by atoms with E-state index < -0.39 is 0 Å². The lowest BCUT2D eigenvalue weighted by Crippen LogP contribution is -2.40. The number of fused-ring (bicyclic) bond motifs is 2. The highest BCUT2D eigenvalue weighted by molar-refractivity contribution is 6.35. The number of methoxy groups -OCH3 is 1. The Balaban J connectivity index is 1.29. The van der Waals surface area contributed by atoms with Gasteiger partial charge in [0.25, 0.3) is 5.91 Å². The molecule has 4 heterocycles. The number of nitrogens with zero attached hydrogens (tertiary/aromatic N) is 5. The van der Waals surface area contributed by atoms with Crippen molar-refractivity contribution in [2.24, 2.45) is 0 Å². The van der Waals surface area contributed by atoms with Crippen LogP contribution < -0.4 is 15.5 Å². The summed E-state index contributed by atoms with van der Waals surface area (Å²) in [6.07, 6.45) is 3.43. The average molecular weight is 502 g/mol. The smallest absolute Gasteiger partial charge is 0.272 e. The van der Waals surface area contributed by atoms with Crippen LogP contribution in [-0.2, 0) is 24.1 Å². The molecule has 0 spiro atoms. The molecule has 2 aliphatic rings. The zero-order valence-corrected chi connectivity index (χ0v) is 20.8. The molecule has 11 heteroatoms. The topological polar surface area (TPSA) is 97.2 Å². The predicted octanol–water partition coefficient (Wildman–Crippen LogP) is 2.35. The second kappa shape index (κ2) is 9.67. The van der Waals surface area contributed by atoms with Crippen LogP contribution in [0.5, 0.6) is 0 Å². The van der Waals surface area contributed by atoms with E-state index in [4.69, 9.17) is 21.3 Å². The van der Waals surface area contributed by atoms with Gasteiger partial charge in [-0.15, -0.1) is 10.2 Å². The van der Waals surface area contributed by atoms with Crippen LogP contribution in [0.3, 0.4) is 0 Å². The number of aryl methyl sites for hydroxylation is 2. The van der Waals surface area contributed by atoms with Crippen LogP contribution >= 0.6 is 11.6 Å². The lowest BCUT2D eigenvalue weighted by Gasteiger charge is -2.27. The lowest BCUT2D eigenvalue weighted by molar-refractivity contribution is 0.0927. The Morgan fingerprint density at radius 3 is 2.86 bits per heavy atom. The third-order valence-electron chi connectivity index (χ3n) is 7.07. The second-order valence-corrected chi connectivity index (χ2v) is 9.51. The number of anilines is 1. The van der Waals surface area contributed by atoms with Crippen molar-refractivity contribution < 1.29 is 13.9 Å². The fourth-order valence-electron chi connectivity index (χ4n) is 5.07. The van der Waals surface area contributed by atoms with Gasteiger partial charge in [-0.05, 0) is 39.3 Å². The largest absolute Gasteiger partial charge is 0.378 e. The van der Waals surface area contributed by atoms with E-state index in [1.165, 1.54) is 6.07 Å². The molecule has 1 aliphatic carbocycles. The molecule has 1 amide bonds. The average Bonchev–Trinajstić information content (AvgIpc) is 3.44. The van der Waals surface area contributed by atoms with E-state index in [1.54, 1.807) is 19.4 Å². The number of hydrogen-bond acceptors (Lipinski definition) is 7. The Labute approximate surface area is 208 Å². The van der Waals surface area contributed by atoms with E-state index >= 15 is 4.39 Å². The molecule has 3 unspecified atom stereocenters. The summed E-state index contributed by atoms with van der Waals surface area (Å²) in [6.45, 7) is 4.04. The number of carbonyl (C=O) groups is 1. The van der Waals surface area contributed by atoms with Gasteiger partial charge in [-0.2, -0.15) is 0 Å². The van der Waals surface area contributed by atoms with Gasteiger partial charge in [0.2, 0.25) is 0 Å². The van der Waals surface area contributed by atoms with E-state index in [0.717, 1.165) is 5.69 Å².